The summed E-state index contributed by atoms with van der Waals surface area (Å²) in [6.45, 7) is 1.89. The van der Waals surface area contributed by atoms with E-state index in [2.05, 4.69) is 22.1 Å². The molecular weight excluding hydrogens is 400 g/mol. The lowest BCUT2D eigenvalue weighted by atomic mass is 9.67. The molecule has 156 valence electrons. The number of nitriles is 2. The van der Waals surface area contributed by atoms with E-state index in [1.54, 1.807) is 12.3 Å². The molecule has 4 aromatic rings. The molecule has 0 atom stereocenters. The van der Waals surface area contributed by atoms with Gasteiger partial charge in [-0.2, -0.15) is 15.6 Å². The molecule has 8 heteroatoms. The minimum Gasteiger partial charge on any atom is -0.384 e. The van der Waals surface area contributed by atoms with Gasteiger partial charge in [0, 0.05) is 29.0 Å². The maximum atomic E-state index is 9.35. The topological polar surface area (TPSA) is 130 Å². The predicted molar refractivity (Wildman–Crippen MR) is 120 cm³/mol. The molecule has 0 saturated heterocycles. The van der Waals surface area contributed by atoms with Crippen molar-refractivity contribution in [2.24, 2.45) is 5.92 Å². The normalized spacial score (nSPS) is 19.8. The fourth-order valence-electron chi connectivity index (χ4n) is 4.48. The Hall–Kier alpha value is -4.30. The summed E-state index contributed by atoms with van der Waals surface area (Å²) in [5.41, 5.74) is 10.1. The third-order valence-corrected chi connectivity index (χ3v) is 6.03. The van der Waals surface area contributed by atoms with Crippen LogP contribution in [0.4, 0.5) is 5.82 Å². The van der Waals surface area contributed by atoms with Crippen molar-refractivity contribution >= 4 is 16.7 Å². The Morgan fingerprint density at radius 1 is 1.16 bits per heavy atom. The molecular formula is C24H20N8. The Balaban J connectivity index is 1.64. The second-order valence-electron chi connectivity index (χ2n) is 8.29. The molecule has 32 heavy (non-hydrogen) atoms. The van der Waals surface area contributed by atoms with Gasteiger partial charge in [0.25, 0.3) is 0 Å². The van der Waals surface area contributed by atoms with Gasteiger partial charge in [-0.15, -0.1) is 0 Å². The molecule has 1 aliphatic rings. The number of nitrogen functional groups attached to an aromatic ring is 1. The van der Waals surface area contributed by atoms with Crippen LogP contribution < -0.4 is 5.73 Å². The lowest BCUT2D eigenvalue weighted by Crippen LogP contribution is -2.46. The van der Waals surface area contributed by atoms with E-state index in [-0.39, 0.29) is 5.92 Å². The van der Waals surface area contributed by atoms with E-state index >= 15 is 0 Å². The van der Waals surface area contributed by atoms with E-state index in [1.165, 1.54) is 0 Å². The molecule has 2 N–H and O–H groups in total. The van der Waals surface area contributed by atoms with Gasteiger partial charge in [-0.05, 0) is 56.2 Å². The van der Waals surface area contributed by atoms with E-state index < -0.39 is 5.54 Å². The number of anilines is 1. The van der Waals surface area contributed by atoms with Crippen LogP contribution in [0, 0.1) is 35.5 Å². The number of aromatic nitrogens is 5. The number of aryl methyl sites for hydroxylation is 1. The predicted octanol–water partition coefficient (Wildman–Crippen LogP) is 3.99. The number of hydrogen-bond acceptors (Lipinski definition) is 7. The average molecular weight is 420 g/mol. The van der Waals surface area contributed by atoms with Crippen LogP contribution in [0.3, 0.4) is 0 Å². The van der Waals surface area contributed by atoms with Crippen LogP contribution in [0.15, 0.2) is 48.8 Å². The molecule has 1 saturated carbocycles. The first-order valence-electron chi connectivity index (χ1n) is 10.3. The summed E-state index contributed by atoms with van der Waals surface area (Å²) in [6.07, 6.45) is 5.20. The highest BCUT2D eigenvalue weighted by molar-refractivity contribution is 5.93. The van der Waals surface area contributed by atoms with Gasteiger partial charge < -0.3 is 5.73 Å². The van der Waals surface area contributed by atoms with Crippen molar-refractivity contribution in [1.82, 2.24) is 24.7 Å². The van der Waals surface area contributed by atoms with Crippen LogP contribution in [0.5, 0.6) is 0 Å². The van der Waals surface area contributed by atoms with Crippen LogP contribution in [-0.2, 0) is 5.54 Å². The first kappa shape index (κ1) is 19.7. The molecule has 4 heterocycles. The van der Waals surface area contributed by atoms with Crippen molar-refractivity contribution in [3.8, 4) is 34.8 Å². The van der Waals surface area contributed by atoms with E-state index in [0.717, 1.165) is 27.9 Å². The molecule has 4 aromatic heterocycles. The second kappa shape index (κ2) is 7.44. The zero-order valence-corrected chi connectivity index (χ0v) is 17.5. The Kier molecular flexibility index (Phi) is 4.57. The monoisotopic (exact) mass is 420 g/mol. The van der Waals surface area contributed by atoms with Crippen molar-refractivity contribution in [2.75, 3.05) is 5.73 Å². The lowest BCUT2D eigenvalue weighted by molar-refractivity contribution is 0.0884. The van der Waals surface area contributed by atoms with Crippen molar-refractivity contribution in [3.63, 3.8) is 0 Å². The van der Waals surface area contributed by atoms with Crippen LogP contribution in [0.1, 0.15) is 25.0 Å². The van der Waals surface area contributed by atoms with Crippen molar-refractivity contribution in [1.29, 1.82) is 10.5 Å². The maximum Gasteiger partial charge on any atom is 0.124 e. The van der Waals surface area contributed by atoms with E-state index in [0.29, 0.717) is 36.5 Å². The average Bonchev–Trinajstić information content (AvgIpc) is 3.25. The summed E-state index contributed by atoms with van der Waals surface area (Å²) in [7, 11) is 0. The zero-order valence-electron chi connectivity index (χ0n) is 17.5. The summed E-state index contributed by atoms with van der Waals surface area (Å²) in [5, 5.41) is 24.3. The number of pyridine rings is 3. The van der Waals surface area contributed by atoms with Crippen LogP contribution >= 0.6 is 0 Å². The summed E-state index contributed by atoms with van der Waals surface area (Å²) in [5.74, 6) is 0.395. The van der Waals surface area contributed by atoms with E-state index in [9.17, 15) is 10.5 Å². The molecule has 0 unspecified atom stereocenters. The molecule has 8 nitrogen and oxygen atoms in total. The third-order valence-electron chi connectivity index (χ3n) is 6.03. The van der Waals surface area contributed by atoms with Crippen LogP contribution in [0.2, 0.25) is 0 Å². The quantitative estimate of drug-likeness (QED) is 0.528. The van der Waals surface area contributed by atoms with Crippen LogP contribution in [0.25, 0.3) is 33.5 Å². The Bertz CT molecular complexity index is 1400. The maximum absolute atomic E-state index is 9.35. The Morgan fingerprint density at radius 2 is 2.00 bits per heavy atom. The highest BCUT2D eigenvalue weighted by atomic mass is 15.3. The minimum atomic E-state index is -0.435. The van der Waals surface area contributed by atoms with Gasteiger partial charge >= 0.3 is 0 Å². The Labute approximate surface area is 185 Å². The van der Waals surface area contributed by atoms with Crippen molar-refractivity contribution in [3.05, 3.63) is 54.5 Å². The van der Waals surface area contributed by atoms with Gasteiger partial charge in [0.1, 0.15) is 17.2 Å². The standard InChI is InChI=1S/C24H20N8/c1-15-9-17(10-22(27)29-15)20-11-21-18(3-2-7-28-21)23(30-20)19-4-8-32(31-19)24(5-6-25)12-16(13-24)14-26/h2-4,7-11,16H,5,12-13H2,1H3,(H2,27,29). The number of nitrogens with two attached hydrogens (primary N) is 1. The van der Waals surface area contributed by atoms with E-state index in [4.69, 9.17) is 15.8 Å². The minimum absolute atomic E-state index is 0.0390. The number of rotatable bonds is 4. The van der Waals surface area contributed by atoms with Gasteiger partial charge in [-0.3, -0.25) is 9.67 Å². The highest BCUT2D eigenvalue weighted by Gasteiger charge is 2.46. The molecule has 0 bridgehead atoms. The molecule has 0 aromatic carbocycles. The molecule has 0 amide bonds. The molecule has 1 aliphatic carbocycles. The lowest BCUT2D eigenvalue weighted by Gasteiger charge is -2.43. The SMILES string of the molecule is Cc1cc(-c2cc3ncccc3c(-c3ccn(C4(CC#N)CC(C#N)C4)n3)n2)cc(N)n1. The van der Waals surface area contributed by atoms with E-state index in [1.807, 2.05) is 48.1 Å². The third kappa shape index (κ3) is 3.23. The summed E-state index contributed by atoms with van der Waals surface area (Å²) in [4.78, 5) is 13.7. The fraction of sp³-hybridized carbons (Fsp3) is 0.250. The molecule has 0 radical (unpaired) electrons. The molecule has 0 aliphatic heterocycles. The molecule has 5 rings (SSSR count). The number of nitrogens with zero attached hydrogens (tertiary/aromatic N) is 7. The van der Waals surface area contributed by atoms with Crippen molar-refractivity contribution in [2.45, 2.75) is 31.7 Å². The van der Waals surface area contributed by atoms with Gasteiger partial charge in [0.2, 0.25) is 0 Å². The largest absolute Gasteiger partial charge is 0.384 e. The summed E-state index contributed by atoms with van der Waals surface area (Å²) < 4.78 is 1.84. The molecule has 0 spiro atoms. The summed E-state index contributed by atoms with van der Waals surface area (Å²) >= 11 is 0. The first-order chi connectivity index (χ1) is 15.5. The number of fused-ring (bicyclic) bond motifs is 1. The van der Waals surface area contributed by atoms with Crippen molar-refractivity contribution < 1.29 is 0 Å². The molecule has 1 fully saturated rings. The zero-order chi connectivity index (χ0) is 22.3. The Morgan fingerprint density at radius 3 is 2.75 bits per heavy atom. The van der Waals surface area contributed by atoms with Crippen LogP contribution in [-0.4, -0.2) is 24.7 Å². The summed E-state index contributed by atoms with van der Waals surface area (Å²) in [6, 6.07) is 16.0. The first-order valence-corrected chi connectivity index (χ1v) is 10.3. The van der Waals surface area contributed by atoms with Gasteiger partial charge in [0.15, 0.2) is 0 Å². The second-order valence-corrected chi connectivity index (χ2v) is 8.29. The van der Waals surface area contributed by atoms with Gasteiger partial charge in [-0.1, -0.05) is 0 Å². The highest BCUT2D eigenvalue weighted by Crippen LogP contribution is 2.46. The number of hydrogen-bond donors (Lipinski definition) is 1. The fourth-order valence-corrected chi connectivity index (χ4v) is 4.48. The van der Waals surface area contributed by atoms with Gasteiger partial charge in [-0.25, -0.2) is 9.97 Å². The smallest absolute Gasteiger partial charge is 0.124 e. The van der Waals surface area contributed by atoms with Gasteiger partial charge in [0.05, 0.1) is 41.2 Å².